The Hall–Kier alpha value is -0.880. The zero-order valence-electron chi connectivity index (χ0n) is 7.63. The van der Waals surface area contributed by atoms with Crippen molar-refractivity contribution in [3.63, 3.8) is 0 Å². The maximum absolute atomic E-state index is 11.5. The van der Waals surface area contributed by atoms with Gasteiger partial charge < -0.3 is 10.5 Å². The Morgan fingerprint density at radius 3 is 3.14 bits per heavy atom. The lowest BCUT2D eigenvalue weighted by Crippen LogP contribution is -2.43. The van der Waals surface area contributed by atoms with Crippen LogP contribution in [0.4, 0.5) is 0 Å². The number of rotatable bonds is 1. The highest BCUT2D eigenvalue weighted by Gasteiger charge is 2.46. The van der Waals surface area contributed by atoms with E-state index in [0.717, 1.165) is 17.7 Å². The highest BCUT2D eigenvalue weighted by Crippen LogP contribution is 2.38. The summed E-state index contributed by atoms with van der Waals surface area (Å²) in [4.78, 5) is 11.5. The van der Waals surface area contributed by atoms with Crippen molar-refractivity contribution >= 4 is 21.9 Å². The van der Waals surface area contributed by atoms with Crippen molar-refractivity contribution in [1.82, 2.24) is 10.2 Å². The van der Waals surface area contributed by atoms with Crippen LogP contribution in [-0.4, -0.2) is 23.3 Å². The molecule has 14 heavy (non-hydrogen) atoms. The van der Waals surface area contributed by atoms with Gasteiger partial charge in [-0.05, 0) is 28.8 Å². The molecule has 0 fully saturated rings. The van der Waals surface area contributed by atoms with Gasteiger partial charge in [0.25, 0.3) is 0 Å². The third kappa shape index (κ3) is 1.10. The number of fused-ring (bicyclic) bond motifs is 1. The average molecular weight is 260 g/mol. The van der Waals surface area contributed by atoms with Crippen LogP contribution in [0.15, 0.2) is 4.60 Å². The number of ether oxygens (including phenoxy) is 1. The predicted octanol–water partition coefficient (Wildman–Crippen LogP) is 0.445. The van der Waals surface area contributed by atoms with Gasteiger partial charge in [0.1, 0.15) is 10.1 Å². The molecule has 0 aliphatic heterocycles. The minimum atomic E-state index is -1.05. The molecule has 1 unspecified atom stereocenters. The lowest BCUT2D eigenvalue weighted by molar-refractivity contribution is -0.147. The van der Waals surface area contributed by atoms with Crippen molar-refractivity contribution in [1.29, 1.82) is 0 Å². The molecule has 0 radical (unpaired) electrons. The summed E-state index contributed by atoms with van der Waals surface area (Å²) in [5.41, 5.74) is 6.59. The molecule has 0 spiro atoms. The summed E-state index contributed by atoms with van der Waals surface area (Å²) in [7, 11) is 1.34. The number of nitrogens with one attached hydrogen (secondary N) is 1. The van der Waals surface area contributed by atoms with Crippen LogP contribution < -0.4 is 5.73 Å². The van der Waals surface area contributed by atoms with E-state index in [1.54, 1.807) is 0 Å². The van der Waals surface area contributed by atoms with Gasteiger partial charge in [0.05, 0.1) is 7.11 Å². The van der Waals surface area contributed by atoms with Crippen LogP contribution in [0.5, 0.6) is 0 Å². The molecule has 6 heteroatoms. The van der Waals surface area contributed by atoms with E-state index in [0.29, 0.717) is 11.0 Å². The molecule has 1 aromatic heterocycles. The lowest BCUT2D eigenvalue weighted by Gasteiger charge is -2.20. The number of halogens is 1. The first-order chi connectivity index (χ1) is 6.59. The molecule has 2 rings (SSSR count). The number of aromatic amines is 1. The van der Waals surface area contributed by atoms with E-state index in [-0.39, 0.29) is 0 Å². The second-order valence-corrected chi connectivity index (χ2v) is 4.08. The number of carbonyl (C=O) groups excluding carboxylic acids is 1. The number of nitrogens with zero attached hydrogens (tertiary/aromatic N) is 1. The SMILES string of the molecule is COC(=O)C1(N)CCc2[nH]nc(Br)c21. The Morgan fingerprint density at radius 1 is 1.79 bits per heavy atom. The summed E-state index contributed by atoms with van der Waals surface area (Å²) in [6.45, 7) is 0. The van der Waals surface area contributed by atoms with Crippen molar-refractivity contribution in [2.45, 2.75) is 18.4 Å². The van der Waals surface area contributed by atoms with Crippen LogP contribution in [0.25, 0.3) is 0 Å². The van der Waals surface area contributed by atoms with Gasteiger partial charge in [-0.15, -0.1) is 0 Å². The van der Waals surface area contributed by atoms with Crippen molar-refractivity contribution in [2.75, 3.05) is 7.11 Å². The van der Waals surface area contributed by atoms with Crippen LogP contribution in [-0.2, 0) is 21.5 Å². The van der Waals surface area contributed by atoms with E-state index in [4.69, 9.17) is 10.5 Å². The van der Waals surface area contributed by atoms with E-state index >= 15 is 0 Å². The van der Waals surface area contributed by atoms with Gasteiger partial charge in [-0.1, -0.05) is 0 Å². The number of aromatic nitrogens is 2. The lowest BCUT2D eigenvalue weighted by atomic mass is 9.95. The van der Waals surface area contributed by atoms with Crippen LogP contribution in [0.1, 0.15) is 17.7 Å². The molecule has 0 aromatic carbocycles. The number of hydrogen-bond donors (Lipinski definition) is 2. The average Bonchev–Trinajstić information content (AvgIpc) is 2.70. The van der Waals surface area contributed by atoms with Crippen molar-refractivity contribution < 1.29 is 9.53 Å². The monoisotopic (exact) mass is 259 g/mol. The number of esters is 1. The summed E-state index contributed by atoms with van der Waals surface area (Å²) < 4.78 is 5.29. The summed E-state index contributed by atoms with van der Waals surface area (Å²) in [5.74, 6) is -0.418. The quantitative estimate of drug-likeness (QED) is 0.718. The molecular formula is C8H10BrN3O2. The summed E-state index contributed by atoms with van der Waals surface area (Å²) in [5, 5.41) is 6.79. The van der Waals surface area contributed by atoms with Crippen molar-refractivity contribution in [2.24, 2.45) is 5.73 Å². The second kappa shape index (κ2) is 3.06. The Kier molecular flexibility index (Phi) is 2.11. The fraction of sp³-hybridized carbons (Fsp3) is 0.500. The van der Waals surface area contributed by atoms with Gasteiger partial charge in [0, 0.05) is 11.3 Å². The second-order valence-electron chi connectivity index (χ2n) is 3.33. The van der Waals surface area contributed by atoms with E-state index in [2.05, 4.69) is 26.1 Å². The smallest absolute Gasteiger partial charge is 0.330 e. The molecule has 1 aliphatic rings. The molecule has 5 nitrogen and oxygen atoms in total. The zero-order chi connectivity index (χ0) is 10.3. The number of carbonyl (C=O) groups is 1. The van der Waals surface area contributed by atoms with E-state index < -0.39 is 11.5 Å². The fourth-order valence-electron chi connectivity index (χ4n) is 1.82. The van der Waals surface area contributed by atoms with E-state index in [9.17, 15) is 4.79 Å². The fourth-order valence-corrected chi connectivity index (χ4v) is 2.50. The largest absolute Gasteiger partial charge is 0.467 e. The first-order valence-corrected chi connectivity index (χ1v) is 4.99. The first kappa shape index (κ1) is 9.67. The third-order valence-electron chi connectivity index (χ3n) is 2.56. The molecule has 1 atom stereocenters. The maximum Gasteiger partial charge on any atom is 0.330 e. The normalized spacial score (nSPS) is 24.8. The van der Waals surface area contributed by atoms with Crippen LogP contribution in [0.3, 0.4) is 0 Å². The Morgan fingerprint density at radius 2 is 2.50 bits per heavy atom. The molecule has 1 aromatic rings. The standard InChI is InChI=1S/C8H10BrN3O2/c1-14-7(13)8(10)3-2-4-5(8)6(9)12-11-4/h2-3,10H2,1H3,(H,11,12). The molecule has 0 amide bonds. The van der Waals surface area contributed by atoms with Gasteiger partial charge in [-0.25, -0.2) is 4.79 Å². The topological polar surface area (TPSA) is 81.0 Å². The molecule has 0 saturated carbocycles. The number of H-pyrrole nitrogens is 1. The van der Waals surface area contributed by atoms with Gasteiger partial charge >= 0.3 is 5.97 Å². The number of hydrogen-bond acceptors (Lipinski definition) is 4. The Labute approximate surface area is 89.1 Å². The minimum Gasteiger partial charge on any atom is -0.467 e. The van der Waals surface area contributed by atoms with Crippen LogP contribution in [0.2, 0.25) is 0 Å². The molecule has 1 aliphatic carbocycles. The third-order valence-corrected chi connectivity index (χ3v) is 3.14. The minimum absolute atomic E-state index is 0.418. The number of nitrogens with two attached hydrogens (primary N) is 1. The number of aryl methyl sites for hydroxylation is 1. The molecule has 1 heterocycles. The van der Waals surface area contributed by atoms with Crippen LogP contribution >= 0.6 is 15.9 Å². The van der Waals surface area contributed by atoms with Crippen molar-refractivity contribution in [3.05, 3.63) is 15.9 Å². The van der Waals surface area contributed by atoms with E-state index in [1.807, 2.05) is 0 Å². The summed E-state index contributed by atoms with van der Waals surface area (Å²) in [6.07, 6.45) is 1.28. The Balaban J connectivity index is 2.50. The van der Waals surface area contributed by atoms with Gasteiger partial charge in [-0.3, -0.25) is 5.10 Å². The zero-order valence-corrected chi connectivity index (χ0v) is 9.22. The molecule has 76 valence electrons. The molecule has 0 bridgehead atoms. The summed E-state index contributed by atoms with van der Waals surface area (Å²) in [6, 6.07) is 0. The predicted molar refractivity (Wildman–Crippen MR) is 52.5 cm³/mol. The molecule has 3 N–H and O–H groups in total. The van der Waals surface area contributed by atoms with Gasteiger partial charge in [0.15, 0.2) is 0 Å². The summed E-state index contributed by atoms with van der Waals surface area (Å²) >= 11 is 3.26. The van der Waals surface area contributed by atoms with Gasteiger partial charge in [0.2, 0.25) is 0 Å². The van der Waals surface area contributed by atoms with Gasteiger partial charge in [-0.2, -0.15) is 5.10 Å². The molecular weight excluding hydrogens is 250 g/mol. The van der Waals surface area contributed by atoms with Crippen molar-refractivity contribution in [3.8, 4) is 0 Å². The highest BCUT2D eigenvalue weighted by atomic mass is 79.9. The number of methoxy groups -OCH3 is 1. The maximum atomic E-state index is 11.5. The highest BCUT2D eigenvalue weighted by molar-refractivity contribution is 9.10. The Bertz CT molecular complexity index is 390. The van der Waals surface area contributed by atoms with E-state index in [1.165, 1.54) is 7.11 Å². The van der Waals surface area contributed by atoms with Crippen LogP contribution in [0, 0.1) is 0 Å². The molecule has 0 saturated heterocycles. The first-order valence-electron chi connectivity index (χ1n) is 4.20.